The third-order valence-electron chi connectivity index (χ3n) is 2.66. The van der Waals surface area contributed by atoms with E-state index in [0.717, 1.165) is 22.6 Å². The van der Waals surface area contributed by atoms with E-state index >= 15 is 0 Å². The molecule has 98 valence electrons. The number of rotatable bonds is 4. The minimum absolute atomic E-state index is 0.690. The number of nitrogens with zero attached hydrogens (tertiary/aromatic N) is 1. The van der Waals surface area contributed by atoms with Crippen molar-refractivity contribution in [3.63, 3.8) is 0 Å². The third-order valence-corrected chi connectivity index (χ3v) is 2.92. The first-order valence-corrected chi connectivity index (χ1v) is 6.14. The maximum atomic E-state index is 5.89. The molecule has 3 nitrogen and oxygen atoms in total. The monoisotopic (exact) mass is 275 g/mol. The van der Waals surface area contributed by atoms with Crippen molar-refractivity contribution < 1.29 is 9.57 Å². The number of hydrogen-bond donors (Lipinski definition) is 0. The molecule has 0 heterocycles. The Morgan fingerprint density at radius 2 is 1.42 bits per heavy atom. The molecular weight excluding hydrogens is 262 g/mol. The fourth-order valence-corrected chi connectivity index (χ4v) is 1.85. The average molecular weight is 276 g/mol. The van der Waals surface area contributed by atoms with Crippen LogP contribution in [0, 0.1) is 0 Å². The number of ether oxygens (including phenoxy) is 1. The molecule has 0 radical (unpaired) electrons. The Labute approximate surface area is 117 Å². The standard InChI is InChI=1S/C15H14ClNO2/c1-18-14-9-5-12(6-10-14)15(17-19-2)11-3-7-13(16)8-4-11/h3-10H,1-2H3/b17-15-. The second kappa shape index (κ2) is 6.25. The normalized spacial score (nSPS) is 11.2. The zero-order valence-electron chi connectivity index (χ0n) is 10.8. The summed E-state index contributed by atoms with van der Waals surface area (Å²) in [4.78, 5) is 4.92. The minimum atomic E-state index is 0.690. The predicted octanol–water partition coefficient (Wildman–Crippen LogP) is 3.75. The van der Waals surface area contributed by atoms with Crippen molar-refractivity contribution in [3.05, 3.63) is 64.7 Å². The van der Waals surface area contributed by atoms with Gasteiger partial charge in [0.1, 0.15) is 18.6 Å². The molecule has 0 spiro atoms. The lowest BCUT2D eigenvalue weighted by atomic mass is 10.0. The summed E-state index contributed by atoms with van der Waals surface area (Å²) in [6, 6.07) is 15.1. The van der Waals surface area contributed by atoms with Gasteiger partial charge in [-0.05, 0) is 36.4 Å². The Kier molecular flexibility index (Phi) is 4.42. The van der Waals surface area contributed by atoms with Crippen molar-refractivity contribution in [1.82, 2.24) is 0 Å². The van der Waals surface area contributed by atoms with Crippen LogP contribution < -0.4 is 4.74 Å². The van der Waals surface area contributed by atoms with E-state index < -0.39 is 0 Å². The van der Waals surface area contributed by atoms with Crippen LogP contribution in [0.5, 0.6) is 5.75 Å². The molecule has 2 aromatic carbocycles. The summed E-state index contributed by atoms with van der Waals surface area (Å²) in [6.07, 6.45) is 0. The van der Waals surface area contributed by atoms with E-state index in [4.69, 9.17) is 21.2 Å². The molecule has 0 saturated heterocycles. The van der Waals surface area contributed by atoms with Gasteiger partial charge in [0.2, 0.25) is 0 Å². The fourth-order valence-electron chi connectivity index (χ4n) is 1.72. The van der Waals surface area contributed by atoms with Crippen LogP contribution in [0.3, 0.4) is 0 Å². The van der Waals surface area contributed by atoms with Crippen LogP contribution in [0.2, 0.25) is 5.02 Å². The van der Waals surface area contributed by atoms with Gasteiger partial charge >= 0.3 is 0 Å². The molecular formula is C15H14ClNO2. The number of benzene rings is 2. The van der Waals surface area contributed by atoms with Crippen molar-refractivity contribution in [1.29, 1.82) is 0 Å². The molecule has 2 aromatic rings. The van der Waals surface area contributed by atoms with Crippen molar-refractivity contribution in [2.24, 2.45) is 5.16 Å². The van der Waals surface area contributed by atoms with Gasteiger partial charge in [-0.25, -0.2) is 0 Å². The van der Waals surface area contributed by atoms with Gasteiger partial charge in [-0.2, -0.15) is 0 Å². The summed E-state index contributed by atoms with van der Waals surface area (Å²) in [5.74, 6) is 0.802. The Hall–Kier alpha value is -2.00. The lowest BCUT2D eigenvalue weighted by Crippen LogP contribution is -2.03. The smallest absolute Gasteiger partial charge is 0.118 e. The molecule has 0 aliphatic carbocycles. The first-order chi connectivity index (χ1) is 9.24. The largest absolute Gasteiger partial charge is 0.497 e. The predicted molar refractivity (Wildman–Crippen MR) is 77.1 cm³/mol. The van der Waals surface area contributed by atoms with E-state index in [9.17, 15) is 0 Å². The van der Waals surface area contributed by atoms with Crippen LogP contribution >= 0.6 is 11.6 Å². The van der Waals surface area contributed by atoms with Crippen LogP contribution in [0.1, 0.15) is 11.1 Å². The maximum absolute atomic E-state index is 5.89. The van der Waals surface area contributed by atoms with E-state index in [1.165, 1.54) is 7.11 Å². The zero-order chi connectivity index (χ0) is 13.7. The lowest BCUT2D eigenvalue weighted by Gasteiger charge is -2.07. The molecule has 0 fully saturated rings. The van der Waals surface area contributed by atoms with E-state index in [2.05, 4.69) is 5.16 Å². The third kappa shape index (κ3) is 3.26. The highest BCUT2D eigenvalue weighted by atomic mass is 35.5. The number of methoxy groups -OCH3 is 1. The number of halogens is 1. The molecule has 4 heteroatoms. The highest BCUT2D eigenvalue weighted by molar-refractivity contribution is 6.30. The Balaban J connectivity index is 2.39. The fraction of sp³-hybridized carbons (Fsp3) is 0.133. The SMILES string of the molecule is CO/N=C(/c1ccc(Cl)cc1)c1ccc(OC)cc1. The molecule has 0 amide bonds. The van der Waals surface area contributed by atoms with Crippen molar-refractivity contribution >= 4 is 17.3 Å². The molecule has 0 saturated carbocycles. The van der Waals surface area contributed by atoms with E-state index in [-0.39, 0.29) is 0 Å². The first-order valence-electron chi connectivity index (χ1n) is 5.76. The van der Waals surface area contributed by atoms with Crippen molar-refractivity contribution in [2.45, 2.75) is 0 Å². The van der Waals surface area contributed by atoms with Crippen LogP contribution in [0.25, 0.3) is 0 Å². The minimum Gasteiger partial charge on any atom is -0.497 e. The van der Waals surface area contributed by atoms with Crippen LogP contribution in [0.4, 0.5) is 0 Å². The van der Waals surface area contributed by atoms with Gasteiger partial charge in [0, 0.05) is 16.1 Å². The van der Waals surface area contributed by atoms with Crippen LogP contribution in [0.15, 0.2) is 53.7 Å². The molecule has 0 aliphatic rings. The second-order valence-electron chi connectivity index (χ2n) is 3.86. The van der Waals surface area contributed by atoms with Crippen molar-refractivity contribution in [3.8, 4) is 5.75 Å². The molecule has 0 aromatic heterocycles. The second-order valence-corrected chi connectivity index (χ2v) is 4.29. The summed E-state index contributed by atoms with van der Waals surface area (Å²) >= 11 is 5.89. The summed E-state index contributed by atoms with van der Waals surface area (Å²) in [5, 5.41) is 4.77. The Morgan fingerprint density at radius 3 is 1.89 bits per heavy atom. The van der Waals surface area contributed by atoms with Gasteiger partial charge in [-0.3, -0.25) is 0 Å². The van der Waals surface area contributed by atoms with Crippen LogP contribution in [-0.2, 0) is 4.84 Å². The first kappa shape index (κ1) is 13.4. The highest BCUT2D eigenvalue weighted by Gasteiger charge is 2.08. The summed E-state index contributed by atoms with van der Waals surface area (Å²) in [5.41, 5.74) is 2.64. The molecule has 0 bridgehead atoms. The van der Waals surface area contributed by atoms with Gasteiger partial charge < -0.3 is 9.57 Å². The molecule has 2 rings (SSSR count). The molecule has 19 heavy (non-hydrogen) atoms. The molecule has 0 aliphatic heterocycles. The van der Waals surface area contributed by atoms with Gasteiger partial charge in [-0.15, -0.1) is 0 Å². The summed E-state index contributed by atoms with van der Waals surface area (Å²) < 4.78 is 5.14. The highest BCUT2D eigenvalue weighted by Crippen LogP contribution is 2.17. The summed E-state index contributed by atoms with van der Waals surface area (Å²) in [6.45, 7) is 0. The zero-order valence-corrected chi connectivity index (χ0v) is 11.5. The number of oxime groups is 1. The summed E-state index contributed by atoms with van der Waals surface area (Å²) in [7, 11) is 3.16. The van der Waals surface area contributed by atoms with Crippen molar-refractivity contribution in [2.75, 3.05) is 14.2 Å². The molecule has 0 N–H and O–H groups in total. The number of hydrogen-bond acceptors (Lipinski definition) is 3. The van der Waals surface area contributed by atoms with E-state index in [0.29, 0.717) is 5.02 Å². The van der Waals surface area contributed by atoms with Gasteiger partial charge in [0.15, 0.2) is 0 Å². The quantitative estimate of drug-likeness (QED) is 0.628. The van der Waals surface area contributed by atoms with Gasteiger partial charge in [-0.1, -0.05) is 28.9 Å². The maximum Gasteiger partial charge on any atom is 0.118 e. The topological polar surface area (TPSA) is 30.8 Å². The Morgan fingerprint density at radius 1 is 0.895 bits per heavy atom. The van der Waals surface area contributed by atoms with Crippen LogP contribution in [-0.4, -0.2) is 19.9 Å². The van der Waals surface area contributed by atoms with Gasteiger partial charge in [0.05, 0.1) is 7.11 Å². The van der Waals surface area contributed by atoms with Gasteiger partial charge in [0.25, 0.3) is 0 Å². The molecule has 0 atom stereocenters. The van der Waals surface area contributed by atoms with E-state index in [1.807, 2.05) is 48.5 Å². The van der Waals surface area contributed by atoms with E-state index in [1.54, 1.807) is 7.11 Å². The lowest BCUT2D eigenvalue weighted by molar-refractivity contribution is 0.214. The average Bonchev–Trinajstić information content (AvgIpc) is 2.46. The Bertz CT molecular complexity index is 562. The molecule has 0 unspecified atom stereocenters.